The van der Waals surface area contributed by atoms with Crippen molar-refractivity contribution in [3.05, 3.63) is 23.8 Å². The Morgan fingerprint density at radius 3 is 3.00 bits per heavy atom. The molecule has 5 nitrogen and oxygen atoms in total. The first kappa shape index (κ1) is 7.20. The van der Waals surface area contributed by atoms with Gasteiger partial charge in [0, 0.05) is 0 Å². The zero-order chi connectivity index (χ0) is 8.39. The molecule has 0 atom stereocenters. The molecule has 0 radical (unpaired) electrons. The lowest BCUT2D eigenvalue weighted by Crippen LogP contribution is -1.98. The number of benzene rings is 1. The molecular formula is C7H8N4O. The van der Waals surface area contributed by atoms with Crippen molar-refractivity contribution in [2.45, 2.75) is 6.61 Å². The third kappa shape index (κ3) is 1.15. The molecule has 0 amide bonds. The fourth-order valence-electron chi connectivity index (χ4n) is 1.07. The molecule has 2 aromatic rings. The highest BCUT2D eigenvalue weighted by molar-refractivity contribution is 5.73. The summed E-state index contributed by atoms with van der Waals surface area (Å²) in [5.74, 6) is 4.94. The molecule has 0 unspecified atom stereocenters. The highest BCUT2D eigenvalue weighted by Crippen LogP contribution is 2.10. The summed E-state index contributed by atoms with van der Waals surface area (Å²) in [6, 6.07) is 5.65. The Labute approximate surface area is 68.5 Å². The number of hydrogen-bond donors (Lipinski definition) is 2. The lowest BCUT2D eigenvalue weighted by Gasteiger charge is -1.96. The second-order valence-electron chi connectivity index (χ2n) is 2.46. The van der Waals surface area contributed by atoms with Gasteiger partial charge in [-0.3, -0.25) is 4.84 Å². The average Bonchev–Trinajstić information content (AvgIpc) is 2.51. The summed E-state index contributed by atoms with van der Waals surface area (Å²) >= 11 is 0. The van der Waals surface area contributed by atoms with Gasteiger partial charge in [0.15, 0.2) is 0 Å². The fraction of sp³-hybridized carbons (Fsp3) is 0.143. The second kappa shape index (κ2) is 2.88. The van der Waals surface area contributed by atoms with Crippen LogP contribution in [0, 0.1) is 0 Å². The number of hydrogen-bond acceptors (Lipinski definition) is 4. The molecule has 0 fully saturated rings. The summed E-state index contributed by atoms with van der Waals surface area (Å²) in [5.41, 5.74) is 2.65. The smallest absolute Gasteiger partial charge is 0.113 e. The highest BCUT2D eigenvalue weighted by atomic mass is 16.6. The molecule has 12 heavy (non-hydrogen) atoms. The molecule has 0 saturated heterocycles. The standard InChI is InChI=1S/C7H8N4O/c8-12-4-5-1-2-6-7(3-5)10-11-9-6/h1-3H,4,8H2,(H,9,10,11). The van der Waals surface area contributed by atoms with Crippen LogP contribution in [0.5, 0.6) is 0 Å². The topological polar surface area (TPSA) is 76.8 Å². The summed E-state index contributed by atoms with van der Waals surface area (Å²) in [7, 11) is 0. The van der Waals surface area contributed by atoms with Crippen LogP contribution in [0.2, 0.25) is 0 Å². The molecule has 0 spiro atoms. The Morgan fingerprint density at radius 2 is 2.17 bits per heavy atom. The molecule has 0 aliphatic carbocycles. The number of nitrogens with zero attached hydrogens (tertiary/aromatic N) is 2. The molecule has 2 rings (SSSR count). The molecule has 5 heteroatoms. The number of aromatic amines is 1. The van der Waals surface area contributed by atoms with Crippen LogP contribution in [-0.4, -0.2) is 15.4 Å². The molecule has 0 bridgehead atoms. The fourth-order valence-corrected chi connectivity index (χ4v) is 1.07. The van der Waals surface area contributed by atoms with Gasteiger partial charge in [-0.15, -0.1) is 0 Å². The van der Waals surface area contributed by atoms with E-state index in [1.807, 2.05) is 18.2 Å². The van der Waals surface area contributed by atoms with Crippen molar-refractivity contribution in [3.63, 3.8) is 0 Å². The minimum atomic E-state index is 0.392. The summed E-state index contributed by atoms with van der Waals surface area (Å²) in [5, 5.41) is 10.4. The Hall–Kier alpha value is -1.46. The molecule has 3 N–H and O–H groups in total. The van der Waals surface area contributed by atoms with Gasteiger partial charge in [-0.05, 0) is 17.7 Å². The summed E-state index contributed by atoms with van der Waals surface area (Å²) in [6.45, 7) is 0.392. The van der Waals surface area contributed by atoms with E-state index in [0.29, 0.717) is 6.61 Å². The average molecular weight is 164 g/mol. The number of nitrogens with two attached hydrogens (primary N) is 1. The maximum absolute atomic E-state index is 4.94. The first-order valence-corrected chi connectivity index (χ1v) is 3.51. The van der Waals surface area contributed by atoms with Crippen LogP contribution < -0.4 is 5.90 Å². The molecule has 1 aromatic heterocycles. The molecule has 0 saturated carbocycles. The minimum absolute atomic E-state index is 0.392. The van der Waals surface area contributed by atoms with E-state index in [1.54, 1.807) is 0 Å². The van der Waals surface area contributed by atoms with E-state index >= 15 is 0 Å². The van der Waals surface area contributed by atoms with Gasteiger partial charge < -0.3 is 0 Å². The van der Waals surface area contributed by atoms with Crippen molar-refractivity contribution in [3.8, 4) is 0 Å². The van der Waals surface area contributed by atoms with E-state index in [1.165, 1.54) is 0 Å². The van der Waals surface area contributed by atoms with Crippen LogP contribution >= 0.6 is 0 Å². The monoisotopic (exact) mass is 164 g/mol. The van der Waals surface area contributed by atoms with E-state index in [2.05, 4.69) is 20.2 Å². The molecule has 1 aromatic carbocycles. The molecule has 62 valence electrons. The number of fused-ring (bicyclic) bond motifs is 1. The van der Waals surface area contributed by atoms with Gasteiger partial charge in [0.25, 0.3) is 0 Å². The van der Waals surface area contributed by atoms with Crippen molar-refractivity contribution in [1.29, 1.82) is 0 Å². The Bertz CT molecular complexity index is 384. The predicted octanol–water partition coefficient (Wildman–Crippen LogP) is 0.348. The highest BCUT2D eigenvalue weighted by Gasteiger charge is 1.98. The first-order chi connectivity index (χ1) is 5.90. The van der Waals surface area contributed by atoms with Crippen LogP contribution in [0.25, 0.3) is 11.0 Å². The Kier molecular flexibility index (Phi) is 1.73. The third-order valence-corrected chi connectivity index (χ3v) is 1.63. The van der Waals surface area contributed by atoms with Crippen LogP contribution in [0.1, 0.15) is 5.56 Å². The summed E-state index contributed by atoms with van der Waals surface area (Å²) in [4.78, 5) is 4.49. The lowest BCUT2D eigenvalue weighted by atomic mass is 10.2. The summed E-state index contributed by atoms with van der Waals surface area (Å²) in [6.07, 6.45) is 0. The normalized spacial score (nSPS) is 10.8. The van der Waals surface area contributed by atoms with Crippen molar-refractivity contribution in [2.24, 2.45) is 5.90 Å². The number of nitrogens with one attached hydrogen (secondary N) is 1. The first-order valence-electron chi connectivity index (χ1n) is 3.51. The predicted molar refractivity (Wildman–Crippen MR) is 42.9 cm³/mol. The number of rotatable bonds is 2. The van der Waals surface area contributed by atoms with Crippen molar-refractivity contribution < 1.29 is 4.84 Å². The minimum Gasteiger partial charge on any atom is -0.300 e. The van der Waals surface area contributed by atoms with E-state index < -0.39 is 0 Å². The van der Waals surface area contributed by atoms with Crippen molar-refractivity contribution in [2.75, 3.05) is 0 Å². The van der Waals surface area contributed by atoms with Crippen LogP contribution in [0.4, 0.5) is 0 Å². The maximum atomic E-state index is 4.94. The van der Waals surface area contributed by atoms with Gasteiger partial charge in [0.1, 0.15) is 11.0 Å². The molecular weight excluding hydrogens is 156 g/mol. The Morgan fingerprint density at radius 1 is 1.33 bits per heavy atom. The van der Waals surface area contributed by atoms with Crippen LogP contribution in [0.3, 0.4) is 0 Å². The maximum Gasteiger partial charge on any atom is 0.113 e. The quantitative estimate of drug-likeness (QED) is 0.628. The van der Waals surface area contributed by atoms with E-state index in [-0.39, 0.29) is 0 Å². The lowest BCUT2D eigenvalue weighted by molar-refractivity contribution is 0.124. The number of aromatic nitrogens is 3. The molecule has 1 heterocycles. The van der Waals surface area contributed by atoms with Crippen LogP contribution in [0.15, 0.2) is 18.2 Å². The van der Waals surface area contributed by atoms with Gasteiger partial charge in [-0.2, -0.15) is 15.4 Å². The van der Waals surface area contributed by atoms with Gasteiger partial charge in [-0.25, -0.2) is 5.90 Å². The number of H-pyrrole nitrogens is 1. The van der Waals surface area contributed by atoms with Crippen molar-refractivity contribution >= 4 is 11.0 Å². The largest absolute Gasteiger partial charge is 0.300 e. The zero-order valence-corrected chi connectivity index (χ0v) is 6.32. The third-order valence-electron chi connectivity index (χ3n) is 1.63. The van der Waals surface area contributed by atoms with Gasteiger partial charge in [0.05, 0.1) is 6.61 Å². The molecule has 0 aliphatic rings. The van der Waals surface area contributed by atoms with E-state index in [9.17, 15) is 0 Å². The molecule has 0 aliphatic heterocycles. The van der Waals surface area contributed by atoms with E-state index in [0.717, 1.165) is 16.6 Å². The zero-order valence-electron chi connectivity index (χ0n) is 6.32. The van der Waals surface area contributed by atoms with Gasteiger partial charge in [-0.1, -0.05) is 6.07 Å². The summed E-state index contributed by atoms with van der Waals surface area (Å²) < 4.78 is 0. The van der Waals surface area contributed by atoms with E-state index in [4.69, 9.17) is 5.90 Å². The van der Waals surface area contributed by atoms with Crippen LogP contribution in [-0.2, 0) is 11.4 Å². The SMILES string of the molecule is NOCc1ccc2n[nH]nc2c1. The second-order valence-corrected chi connectivity index (χ2v) is 2.46. The van der Waals surface area contributed by atoms with Gasteiger partial charge >= 0.3 is 0 Å². The Balaban J connectivity index is 2.46. The van der Waals surface area contributed by atoms with Crippen molar-refractivity contribution in [1.82, 2.24) is 15.4 Å². The van der Waals surface area contributed by atoms with Gasteiger partial charge in [0.2, 0.25) is 0 Å².